The van der Waals surface area contributed by atoms with E-state index >= 15 is 0 Å². The number of aliphatic hydroxyl groups excluding tert-OH is 1. The van der Waals surface area contributed by atoms with Crippen molar-refractivity contribution in [1.29, 1.82) is 0 Å². The van der Waals surface area contributed by atoms with E-state index in [-0.39, 0.29) is 34.8 Å². The first-order valence-electron chi connectivity index (χ1n) is 11.3. The van der Waals surface area contributed by atoms with Gasteiger partial charge in [0.2, 0.25) is 15.9 Å². The summed E-state index contributed by atoms with van der Waals surface area (Å²) < 4.78 is 33.0. The fourth-order valence-electron chi connectivity index (χ4n) is 3.61. The second-order valence-corrected chi connectivity index (χ2v) is 12.8. The minimum atomic E-state index is -3.76. The maximum absolute atomic E-state index is 13.2. The zero-order valence-electron chi connectivity index (χ0n) is 20.6. The number of hydrogen-bond acceptors (Lipinski definition) is 7. The molecule has 0 aliphatic carbocycles. The SMILES string of the molecule is COc1ccc(S(=O)(=O)N(CC(C)C)CC(O)CCN2CSCC2C(=O)NC(C)(C)C)cc1. The molecule has 1 aromatic carbocycles. The average Bonchev–Trinajstić information content (AvgIpc) is 3.19. The van der Waals surface area contributed by atoms with Crippen LogP contribution in [-0.2, 0) is 14.8 Å². The van der Waals surface area contributed by atoms with E-state index in [4.69, 9.17) is 4.74 Å². The van der Waals surface area contributed by atoms with Gasteiger partial charge >= 0.3 is 0 Å². The first-order chi connectivity index (χ1) is 15.3. The van der Waals surface area contributed by atoms with Gasteiger partial charge in [-0.1, -0.05) is 13.8 Å². The Morgan fingerprint density at radius 1 is 1.27 bits per heavy atom. The normalized spacial score (nSPS) is 18.6. The standard InChI is InChI=1S/C23H39N3O5S2/c1-17(2)13-26(33(29,30)20-9-7-19(31-6)8-10-20)14-18(27)11-12-25-16-32-15-21(25)22(28)24-23(3,4)5/h7-10,17-18,21,27H,11-16H2,1-6H3,(H,24,28). The van der Waals surface area contributed by atoms with Crippen LogP contribution in [0.15, 0.2) is 29.2 Å². The third kappa shape index (κ3) is 8.43. The molecule has 1 aliphatic heterocycles. The van der Waals surface area contributed by atoms with Gasteiger partial charge in [-0.3, -0.25) is 9.69 Å². The van der Waals surface area contributed by atoms with Gasteiger partial charge in [0.05, 0.1) is 24.2 Å². The number of nitrogens with one attached hydrogen (secondary N) is 1. The number of amides is 1. The molecule has 0 aromatic heterocycles. The predicted octanol–water partition coefficient (Wildman–Crippen LogP) is 2.38. The molecule has 1 fully saturated rings. The molecule has 0 spiro atoms. The van der Waals surface area contributed by atoms with Gasteiger partial charge in [-0.2, -0.15) is 4.31 Å². The fraction of sp³-hybridized carbons (Fsp3) is 0.696. The number of carbonyl (C=O) groups is 1. The van der Waals surface area contributed by atoms with Crippen LogP contribution in [-0.4, -0.2) is 84.7 Å². The summed E-state index contributed by atoms with van der Waals surface area (Å²) in [6, 6.07) is 6.04. The average molecular weight is 502 g/mol. The molecule has 2 unspecified atom stereocenters. The summed E-state index contributed by atoms with van der Waals surface area (Å²) in [4.78, 5) is 14.9. The zero-order valence-corrected chi connectivity index (χ0v) is 22.2. The molecule has 33 heavy (non-hydrogen) atoms. The van der Waals surface area contributed by atoms with Crippen molar-refractivity contribution in [2.24, 2.45) is 5.92 Å². The lowest BCUT2D eigenvalue weighted by Gasteiger charge is -2.29. The lowest BCUT2D eigenvalue weighted by Crippen LogP contribution is -2.51. The van der Waals surface area contributed by atoms with Gasteiger partial charge < -0.3 is 15.2 Å². The molecule has 1 aliphatic rings. The van der Waals surface area contributed by atoms with Crippen molar-refractivity contribution < 1.29 is 23.1 Å². The lowest BCUT2D eigenvalue weighted by atomic mass is 10.1. The first-order valence-corrected chi connectivity index (χ1v) is 13.9. The number of sulfonamides is 1. The van der Waals surface area contributed by atoms with Crippen molar-refractivity contribution in [3.8, 4) is 5.75 Å². The number of carbonyl (C=O) groups excluding carboxylic acids is 1. The van der Waals surface area contributed by atoms with Crippen LogP contribution < -0.4 is 10.1 Å². The summed E-state index contributed by atoms with van der Waals surface area (Å²) in [6.07, 6.45) is -0.458. The highest BCUT2D eigenvalue weighted by Crippen LogP contribution is 2.24. The van der Waals surface area contributed by atoms with Crippen molar-refractivity contribution in [1.82, 2.24) is 14.5 Å². The van der Waals surface area contributed by atoms with E-state index in [0.717, 1.165) is 5.88 Å². The molecule has 188 valence electrons. The quantitative estimate of drug-likeness (QED) is 0.480. The Balaban J connectivity index is 2.03. The summed E-state index contributed by atoms with van der Waals surface area (Å²) in [6.45, 7) is 10.6. The minimum Gasteiger partial charge on any atom is -0.497 e. The zero-order chi connectivity index (χ0) is 24.8. The maximum Gasteiger partial charge on any atom is 0.243 e. The highest BCUT2D eigenvalue weighted by Gasteiger charge is 2.33. The van der Waals surface area contributed by atoms with Gasteiger partial charge in [0.1, 0.15) is 5.75 Å². The molecule has 0 bridgehead atoms. The Labute approximate surface area is 203 Å². The van der Waals surface area contributed by atoms with Crippen LogP contribution in [0.25, 0.3) is 0 Å². The smallest absolute Gasteiger partial charge is 0.243 e. The van der Waals surface area contributed by atoms with Crippen LogP contribution in [0.1, 0.15) is 41.0 Å². The predicted molar refractivity (Wildman–Crippen MR) is 133 cm³/mol. The molecule has 2 N–H and O–H groups in total. The van der Waals surface area contributed by atoms with Crippen LogP contribution in [0, 0.1) is 5.92 Å². The van der Waals surface area contributed by atoms with Gasteiger partial charge in [-0.15, -0.1) is 11.8 Å². The number of thioether (sulfide) groups is 1. The molecule has 1 saturated heterocycles. The first kappa shape index (κ1) is 27.9. The van der Waals surface area contributed by atoms with Crippen molar-refractivity contribution >= 4 is 27.7 Å². The second-order valence-electron chi connectivity index (χ2n) is 9.90. The van der Waals surface area contributed by atoms with Gasteiger partial charge in [-0.25, -0.2) is 8.42 Å². The van der Waals surface area contributed by atoms with E-state index in [0.29, 0.717) is 31.0 Å². The molecule has 2 rings (SSSR count). The Morgan fingerprint density at radius 3 is 2.45 bits per heavy atom. The van der Waals surface area contributed by atoms with Gasteiger partial charge in [0.15, 0.2) is 0 Å². The summed E-state index contributed by atoms with van der Waals surface area (Å²) in [5.74, 6) is 2.10. The number of rotatable bonds is 11. The number of ether oxygens (including phenoxy) is 1. The van der Waals surface area contributed by atoms with Gasteiger partial charge in [0.25, 0.3) is 0 Å². The fourth-order valence-corrected chi connectivity index (χ4v) is 6.48. The lowest BCUT2D eigenvalue weighted by molar-refractivity contribution is -0.126. The molecule has 0 radical (unpaired) electrons. The number of methoxy groups -OCH3 is 1. The Morgan fingerprint density at radius 2 is 1.91 bits per heavy atom. The van der Waals surface area contributed by atoms with Crippen LogP contribution in [0.5, 0.6) is 5.75 Å². The van der Waals surface area contributed by atoms with Crippen LogP contribution in [0.3, 0.4) is 0 Å². The molecule has 1 aromatic rings. The molecule has 10 heteroatoms. The topological polar surface area (TPSA) is 99.2 Å². The van der Waals surface area contributed by atoms with Crippen LogP contribution in [0.2, 0.25) is 0 Å². The van der Waals surface area contributed by atoms with E-state index in [1.54, 1.807) is 23.9 Å². The van der Waals surface area contributed by atoms with Crippen molar-refractivity contribution in [2.45, 2.75) is 63.6 Å². The summed E-state index contributed by atoms with van der Waals surface area (Å²) in [7, 11) is -2.23. The number of hydrogen-bond donors (Lipinski definition) is 2. The molecule has 1 heterocycles. The van der Waals surface area contributed by atoms with E-state index in [1.807, 2.05) is 34.6 Å². The monoisotopic (exact) mass is 501 g/mol. The molecular formula is C23H39N3O5S2. The van der Waals surface area contributed by atoms with E-state index in [2.05, 4.69) is 10.2 Å². The number of aliphatic hydroxyl groups is 1. The summed E-state index contributed by atoms with van der Waals surface area (Å²) >= 11 is 1.69. The summed E-state index contributed by atoms with van der Waals surface area (Å²) in [5.41, 5.74) is -0.303. The van der Waals surface area contributed by atoms with Crippen LogP contribution >= 0.6 is 11.8 Å². The number of benzene rings is 1. The van der Waals surface area contributed by atoms with Crippen molar-refractivity contribution in [3.05, 3.63) is 24.3 Å². The Kier molecular flexibility index (Phi) is 10.0. The minimum absolute atomic E-state index is 0.00633. The molecule has 2 atom stereocenters. The molecule has 1 amide bonds. The van der Waals surface area contributed by atoms with Crippen molar-refractivity contribution in [2.75, 3.05) is 38.4 Å². The van der Waals surface area contributed by atoms with E-state index in [1.165, 1.54) is 23.5 Å². The molecular weight excluding hydrogens is 462 g/mol. The third-order valence-corrected chi connectivity index (χ3v) is 8.12. The van der Waals surface area contributed by atoms with Gasteiger partial charge in [0, 0.05) is 36.8 Å². The third-order valence-electron chi connectivity index (χ3n) is 5.20. The summed E-state index contributed by atoms with van der Waals surface area (Å²) in [5, 5.41) is 13.8. The van der Waals surface area contributed by atoms with E-state index < -0.39 is 16.1 Å². The Bertz CT molecular complexity index is 869. The van der Waals surface area contributed by atoms with E-state index in [9.17, 15) is 18.3 Å². The second kappa shape index (κ2) is 11.9. The van der Waals surface area contributed by atoms with Crippen molar-refractivity contribution in [3.63, 3.8) is 0 Å². The van der Waals surface area contributed by atoms with Crippen LogP contribution in [0.4, 0.5) is 0 Å². The highest BCUT2D eigenvalue weighted by molar-refractivity contribution is 7.99. The highest BCUT2D eigenvalue weighted by atomic mass is 32.2. The van der Waals surface area contributed by atoms with Gasteiger partial charge in [-0.05, 0) is 57.4 Å². The molecule has 0 saturated carbocycles. The maximum atomic E-state index is 13.2. The Hall–Kier alpha value is -1.33. The number of nitrogens with zero attached hydrogens (tertiary/aromatic N) is 2. The largest absolute Gasteiger partial charge is 0.497 e. The molecule has 8 nitrogen and oxygen atoms in total.